The maximum Gasteiger partial charge on any atom is 0.331 e. The lowest BCUT2D eigenvalue weighted by atomic mass is 10.1. The minimum Gasteiger partial charge on any atom is -0.494 e. The fraction of sp³-hybridized carbons (Fsp3) is 0.120. The summed E-state index contributed by atoms with van der Waals surface area (Å²) in [4.78, 5) is 52.8. The van der Waals surface area contributed by atoms with Gasteiger partial charge in [-0.2, -0.15) is 0 Å². The van der Waals surface area contributed by atoms with E-state index in [-0.39, 0.29) is 40.9 Å². The first-order valence-corrected chi connectivity index (χ1v) is 36.0. The van der Waals surface area contributed by atoms with Crippen LogP contribution >= 0.6 is 0 Å². The summed E-state index contributed by atoms with van der Waals surface area (Å²) < 4.78 is 10.7. The molecule has 0 atom stereocenters. The third-order valence-corrected chi connectivity index (χ3v) is 18.6. The summed E-state index contributed by atoms with van der Waals surface area (Å²) in [6.45, 7) is 9.52. The standard InChI is InChI=1S/2C32H29N3O2.C28H24N4O3/c1-24-11-10-16-27(19-24)31(36)33-20-29-28-17-8-9-18-30(28)35(32(29)37)23-34(21-25-12-4-2-5-13-25)22-26-14-6-3-7-15-26;1-24-16-18-27(19-17-24)31(36)33-20-29-28-14-8-9-15-30(28)35(32(29)37)23-34(21-25-10-4-2-5-11-25)22-26-12-6-3-7-13-26;33-27(25-16-9-17-35-25)30-29-26-23-14-7-8-15-24(23)32(28(26)34)20-31(18-21-10-3-1-4-11-21)19-22-12-5-2-6-13-22/h2*2-20,37H,21-23H2,1H3;1-17,34H,18-20H2. The van der Waals surface area contributed by atoms with Crippen LogP contribution in [0.5, 0.6) is 17.6 Å². The van der Waals surface area contributed by atoms with E-state index in [2.05, 4.69) is 108 Å². The molecule has 17 heteroatoms. The first kappa shape index (κ1) is 73.8. The highest BCUT2D eigenvalue weighted by atomic mass is 16.3. The van der Waals surface area contributed by atoms with E-state index in [1.807, 2.05) is 235 Å². The van der Waals surface area contributed by atoms with Crippen LogP contribution in [0, 0.1) is 13.8 Å². The van der Waals surface area contributed by atoms with Gasteiger partial charge in [0.25, 0.3) is 11.8 Å². The van der Waals surface area contributed by atoms with Crippen LogP contribution in [-0.2, 0) is 59.3 Å². The number of amides is 3. The molecule has 0 fully saturated rings. The predicted molar refractivity (Wildman–Crippen MR) is 431 cm³/mol. The summed E-state index contributed by atoms with van der Waals surface area (Å²) >= 11 is 0. The van der Waals surface area contributed by atoms with Gasteiger partial charge in [-0.3, -0.25) is 42.8 Å². The van der Waals surface area contributed by atoms with E-state index in [1.165, 1.54) is 58.1 Å². The molecule has 109 heavy (non-hydrogen) atoms. The number of carbonyl (C=O) groups is 3. The average molecular weight is 1440 g/mol. The van der Waals surface area contributed by atoms with Crippen molar-refractivity contribution in [2.24, 2.45) is 20.2 Å². The Balaban J connectivity index is 0.000000144. The Morgan fingerprint density at radius 3 is 1.07 bits per heavy atom. The Hall–Kier alpha value is -13.5. The number of azo groups is 1. The zero-order valence-corrected chi connectivity index (χ0v) is 60.6. The second-order valence-corrected chi connectivity index (χ2v) is 26.6. The molecule has 11 aromatic carbocycles. The van der Waals surface area contributed by atoms with Crippen molar-refractivity contribution < 1.29 is 34.1 Å². The molecule has 3 N–H and O–H groups in total. The van der Waals surface area contributed by atoms with E-state index in [1.54, 1.807) is 28.8 Å². The molecule has 15 aromatic rings. The van der Waals surface area contributed by atoms with E-state index in [0.29, 0.717) is 60.7 Å². The number of aryl methyl sites for hydroxylation is 2. The number of rotatable bonds is 24. The van der Waals surface area contributed by atoms with E-state index < -0.39 is 5.91 Å². The smallest absolute Gasteiger partial charge is 0.331 e. The van der Waals surface area contributed by atoms with E-state index in [4.69, 9.17) is 4.42 Å². The van der Waals surface area contributed by atoms with Crippen molar-refractivity contribution in [2.45, 2.75) is 73.1 Å². The Labute approximate surface area is 632 Å². The predicted octanol–water partition coefficient (Wildman–Crippen LogP) is 19.7. The summed E-state index contributed by atoms with van der Waals surface area (Å²) in [5.74, 6) is -1.06. The van der Waals surface area contributed by atoms with Crippen LogP contribution in [0.2, 0.25) is 0 Å². The van der Waals surface area contributed by atoms with Crippen LogP contribution in [0.15, 0.2) is 346 Å². The molecular formula is C92H82N10O7. The first-order valence-electron chi connectivity index (χ1n) is 36.0. The van der Waals surface area contributed by atoms with Gasteiger partial charge in [0, 0.05) is 79.0 Å². The molecule has 4 aromatic heterocycles. The minimum absolute atomic E-state index is 0.0479. The number of nitrogens with zero attached hydrogens (tertiary/aromatic N) is 10. The topological polar surface area (TPSA) is 199 Å². The number of hydrogen-bond donors (Lipinski definition) is 3. The molecule has 0 radical (unpaired) electrons. The molecule has 0 spiro atoms. The van der Waals surface area contributed by atoms with Gasteiger partial charge in [-0.1, -0.05) is 272 Å². The lowest BCUT2D eigenvalue weighted by molar-refractivity contribution is 0.0966. The van der Waals surface area contributed by atoms with Gasteiger partial charge < -0.3 is 19.7 Å². The number of aromatic nitrogens is 3. The van der Waals surface area contributed by atoms with Gasteiger partial charge in [-0.25, -0.2) is 9.98 Å². The molecule has 4 heterocycles. The van der Waals surface area contributed by atoms with Crippen molar-refractivity contribution in [3.05, 3.63) is 394 Å². The summed E-state index contributed by atoms with van der Waals surface area (Å²) in [5.41, 5.74) is 14.1. The van der Waals surface area contributed by atoms with E-state index in [0.717, 1.165) is 64.6 Å². The number of hydrogen-bond acceptors (Lipinski definition) is 11. The molecule has 0 aliphatic carbocycles. The van der Waals surface area contributed by atoms with Crippen molar-refractivity contribution in [2.75, 3.05) is 0 Å². The molecule has 15 rings (SSSR count). The Morgan fingerprint density at radius 1 is 0.349 bits per heavy atom. The van der Waals surface area contributed by atoms with Gasteiger partial charge in [-0.05, 0) is 102 Å². The quantitative estimate of drug-likeness (QED) is 0.0386. The number of benzene rings is 11. The fourth-order valence-corrected chi connectivity index (χ4v) is 13.2. The lowest BCUT2D eigenvalue weighted by Gasteiger charge is -2.24. The second-order valence-electron chi connectivity index (χ2n) is 26.6. The van der Waals surface area contributed by atoms with Gasteiger partial charge in [0.15, 0.2) is 11.4 Å². The van der Waals surface area contributed by atoms with Crippen molar-refractivity contribution >= 4 is 68.5 Å². The highest BCUT2D eigenvalue weighted by Crippen LogP contribution is 2.40. The monoisotopic (exact) mass is 1440 g/mol. The number of aliphatic imine (C=N–C) groups is 2. The fourth-order valence-electron chi connectivity index (χ4n) is 13.2. The maximum absolute atomic E-state index is 12.7. The molecular weight excluding hydrogens is 1360 g/mol. The molecule has 0 unspecified atom stereocenters. The molecule has 0 bridgehead atoms. The molecule has 542 valence electrons. The number of para-hydroxylation sites is 3. The number of fused-ring (bicyclic) bond motifs is 3. The van der Waals surface area contributed by atoms with Crippen LogP contribution in [0.3, 0.4) is 0 Å². The Morgan fingerprint density at radius 2 is 0.697 bits per heavy atom. The van der Waals surface area contributed by atoms with Crippen molar-refractivity contribution in [3.63, 3.8) is 0 Å². The number of furan rings is 1. The second kappa shape index (κ2) is 36.0. The maximum atomic E-state index is 12.7. The molecule has 0 aliphatic rings. The molecule has 0 saturated heterocycles. The van der Waals surface area contributed by atoms with Gasteiger partial charge in [0.2, 0.25) is 17.6 Å². The lowest BCUT2D eigenvalue weighted by Crippen LogP contribution is -2.25. The molecule has 0 aliphatic heterocycles. The summed E-state index contributed by atoms with van der Waals surface area (Å²) in [6.07, 6.45) is 4.37. The van der Waals surface area contributed by atoms with Gasteiger partial charge in [0.1, 0.15) is 0 Å². The Kier molecular flexibility index (Phi) is 24.4. The van der Waals surface area contributed by atoms with E-state index in [9.17, 15) is 29.7 Å². The van der Waals surface area contributed by atoms with Crippen LogP contribution < -0.4 is 0 Å². The molecule has 17 nitrogen and oxygen atoms in total. The normalized spacial score (nSPS) is 11.5. The highest BCUT2D eigenvalue weighted by molar-refractivity contribution is 6.09. The van der Waals surface area contributed by atoms with Crippen LogP contribution in [0.1, 0.15) is 86.9 Å². The summed E-state index contributed by atoms with van der Waals surface area (Å²) in [6, 6.07) is 103. The van der Waals surface area contributed by atoms with Crippen molar-refractivity contribution in [1.82, 2.24) is 28.4 Å². The third-order valence-electron chi connectivity index (χ3n) is 18.6. The van der Waals surface area contributed by atoms with E-state index >= 15 is 0 Å². The zero-order valence-electron chi connectivity index (χ0n) is 60.6. The van der Waals surface area contributed by atoms with Crippen LogP contribution in [0.4, 0.5) is 5.69 Å². The summed E-state index contributed by atoms with van der Waals surface area (Å²) in [5, 5.41) is 44.2. The van der Waals surface area contributed by atoms with Gasteiger partial charge in [-0.15, -0.1) is 10.2 Å². The summed E-state index contributed by atoms with van der Waals surface area (Å²) in [7, 11) is 0. The Bertz CT molecular complexity index is 5490. The van der Waals surface area contributed by atoms with Crippen molar-refractivity contribution in [3.8, 4) is 17.6 Å². The third kappa shape index (κ3) is 19.2. The SMILES string of the molecule is Cc1ccc(C(=O)N=Cc2c(O)n(CN(Cc3ccccc3)Cc3ccccc3)c3ccccc23)cc1.Cc1cccc(C(=O)N=Cc2c(O)n(CN(Cc3ccccc3)Cc3ccccc3)c3ccccc23)c1.O=C(N=Nc1c(O)n(CN(Cc2ccccc2)Cc2ccccc2)c2ccccc12)c1ccco1. The molecule has 0 saturated carbocycles. The highest BCUT2D eigenvalue weighted by Gasteiger charge is 2.23. The van der Waals surface area contributed by atoms with Gasteiger partial charge in [0.05, 0.1) is 53.9 Å². The minimum atomic E-state index is -0.610. The largest absolute Gasteiger partial charge is 0.494 e. The van der Waals surface area contributed by atoms with Crippen LogP contribution in [0.25, 0.3) is 32.7 Å². The zero-order chi connectivity index (χ0) is 75.3. The first-order chi connectivity index (χ1) is 53.3. The van der Waals surface area contributed by atoms with Crippen molar-refractivity contribution in [1.29, 1.82) is 0 Å². The number of aromatic hydroxyl groups is 3. The molecule has 3 amide bonds. The van der Waals surface area contributed by atoms with Gasteiger partial charge >= 0.3 is 5.91 Å². The van der Waals surface area contributed by atoms with Crippen LogP contribution in [-0.4, -0.2) is 73.9 Å². The number of carbonyl (C=O) groups excluding carboxylic acids is 3. The average Bonchev–Trinajstić information content (AvgIpc) is 1.64.